The standard InChI is InChI=1S/C20H28N2O5/c1-19(2,3)18(26)21-13-14-4-6-15(7-5-14)17(25)22-20(12-16(23)24)8-10-27-11-9-20/h4-7H,8-13H2,1-3H3,(H,21,26)(H,22,25)(H,23,24). The summed E-state index contributed by atoms with van der Waals surface area (Å²) in [6.45, 7) is 6.79. The van der Waals surface area contributed by atoms with Crippen LogP contribution in [-0.4, -0.2) is 41.6 Å². The number of carboxylic acid groups (broad SMARTS) is 1. The SMILES string of the molecule is CC(C)(C)C(=O)NCc1ccc(C(=O)NC2(CC(=O)O)CCOCC2)cc1. The molecular weight excluding hydrogens is 348 g/mol. The summed E-state index contributed by atoms with van der Waals surface area (Å²) in [5.74, 6) is -1.29. The molecule has 0 aromatic heterocycles. The van der Waals surface area contributed by atoms with Crippen LogP contribution in [0, 0.1) is 5.41 Å². The zero-order valence-corrected chi connectivity index (χ0v) is 16.1. The van der Waals surface area contributed by atoms with E-state index < -0.39 is 16.9 Å². The van der Waals surface area contributed by atoms with E-state index in [-0.39, 0.29) is 18.2 Å². The highest BCUT2D eigenvalue weighted by Gasteiger charge is 2.36. The fraction of sp³-hybridized carbons (Fsp3) is 0.550. The topological polar surface area (TPSA) is 105 Å². The first-order valence-corrected chi connectivity index (χ1v) is 9.11. The number of rotatable bonds is 6. The molecule has 7 nitrogen and oxygen atoms in total. The van der Waals surface area contributed by atoms with Gasteiger partial charge in [-0.2, -0.15) is 0 Å². The van der Waals surface area contributed by atoms with Crippen LogP contribution in [0.15, 0.2) is 24.3 Å². The molecule has 148 valence electrons. The Hall–Kier alpha value is -2.41. The van der Waals surface area contributed by atoms with Crippen molar-refractivity contribution in [3.63, 3.8) is 0 Å². The molecule has 0 aliphatic carbocycles. The minimum absolute atomic E-state index is 0.0422. The average Bonchev–Trinajstić information content (AvgIpc) is 2.59. The van der Waals surface area contributed by atoms with Crippen molar-refractivity contribution in [2.24, 2.45) is 5.41 Å². The number of aliphatic carboxylic acids is 1. The Bertz CT molecular complexity index is 685. The van der Waals surface area contributed by atoms with Gasteiger partial charge in [-0.15, -0.1) is 0 Å². The average molecular weight is 376 g/mol. The summed E-state index contributed by atoms with van der Waals surface area (Å²) in [5.41, 5.74) is 0.107. The molecule has 1 aliphatic heterocycles. The minimum atomic E-state index is -0.942. The van der Waals surface area contributed by atoms with Gasteiger partial charge in [-0.25, -0.2) is 0 Å². The van der Waals surface area contributed by atoms with Crippen molar-refractivity contribution in [1.29, 1.82) is 0 Å². The Kier molecular flexibility index (Phi) is 6.59. The van der Waals surface area contributed by atoms with Crippen molar-refractivity contribution in [2.75, 3.05) is 13.2 Å². The number of hydrogen-bond acceptors (Lipinski definition) is 4. The summed E-state index contributed by atoms with van der Waals surface area (Å²) in [5, 5.41) is 14.9. The Morgan fingerprint density at radius 1 is 1.11 bits per heavy atom. The molecule has 0 unspecified atom stereocenters. The van der Waals surface area contributed by atoms with Crippen molar-refractivity contribution in [3.05, 3.63) is 35.4 Å². The van der Waals surface area contributed by atoms with Crippen molar-refractivity contribution in [3.8, 4) is 0 Å². The van der Waals surface area contributed by atoms with Crippen LogP contribution in [0.1, 0.15) is 56.0 Å². The summed E-state index contributed by atoms with van der Waals surface area (Å²) in [6.07, 6.45) is 0.822. The van der Waals surface area contributed by atoms with Gasteiger partial charge in [0.2, 0.25) is 5.91 Å². The van der Waals surface area contributed by atoms with E-state index in [0.717, 1.165) is 5.56 Å². The van der Waals surface area contributed by atoms with Crippen LogP contribution < -0.4 is 10.6 Å². The second kappa shape index (κ2) is 8.52. The number of hydrogen-bond donors (Lipinski definition) is 3. The summed E-state index contributed by atoms with van der Waals surface area (Å²) >= 11 is 0. The third-order valence-electron chi connectivity index (χ3n) is 4.67. The molecule has 0 spiro atoms. The van der Waals surface area contributed by atoms with Crippen LogP contribution in [-0.2, 0) is 20.9 Å². The van der Waals surface area contributed by atoms with E-state index in [1.807, 2.05) is 20.8 Å². The predicted molar refractivity (Wildman–Crippen MR) is 100 cm³/mol. The summed E-state index contributed by atoms with van der Waals surface area (Å²) in [6, 6.07) is 6.93. The molecule has 7 heteroatoms. The predicted octanol–water partition coefficient (Wildman–Crippen LogP) is 2.10. The maximum Gasteiger partial charge on any atom is 0.305 e. The summed E-state index contributed by atoms with van der Waals surface area (Å²) in [4.78, 5) is 35.7. The third kappa shape index (κ3) is 6.06. The number of benzene rings is 1. The van der Waals surface area contributed by atoms with Gasteiger partial charge in [0.25, 0.3) is 5.91 Å². The maximum absolute atomic E-state index is 12.6. The van der Waals surface area contributed by atoms with Gasteiger partial charge < -0.3 is 20.5 Å². The molecule has 1 aromatic carbocycles. The number of carboxylic acids is 1. The Morgan fingerprint density at radius 3 is 2.22 bits per heavy atom. The Labute approximate surface area is 159 Å². The van der Waals surface area contributed by atoms with E-state index in [9.17, 15) is 19.5 Å². The zero-order valence-electron chi connectivity index (χ0n) is 16.1. The number of carbonyl (C=O) groups excluding carboxylic acids is 2. The van der Waals surface area contributed by atoms with Crippen molar-refractivity contribution >= 4 is 17.8 Å². The maximum atomic E-state index is 12.6. The van der Waals surface area contributed by atoms with Crippen LogP contribution >= 0.6 is 0 Å². The summed E-state index contributed by atoms with van der Waals surface area (Å²) in [7, 11) is 0. The Morgan fingerprint density at radius 2 is 1.70 bits per heavy atom. The van der Waals surface area contributed by atoms with Crippen molar-refractivity contribution in [1.82, 2.24) is 10.6 Å². The van der Waals surface area contributed by atoms with E-state index >= 15 is 0 Å². The van der Waals surface area contributed by atoms with Crippen LogP contribution in [0.5, 0.6) is 0 Å². The lowest BCUT2D eigenvalue weighted by molar-refractivity contribution is -0.139. The van der Waals surface area contributed by atoms with Gasteiger partial charge in [-0.3, -0.25) is 14.4 Å². The second-order valence-corrected chi connectivity index (χ2v) is 8.05. The van der Waals surface area contributed by atoms with E-state index in [1.165, 1.54) is 0 Å². The molecule has 1 aromatic rings. The quantitative estimate of drug-likeness (QED) is 0.705. The number of nitrogens with one attached hydrogen (secondary N) is 2. The first kappa shape index (κ1) is 20.9. The van der Waals surface area contributed by atoms with Crippen LogP contribution in [0.4, 0.5) is 0 Å². The molecule has 2 amide bonds. The van der Waals surface area contributed by atoms with Gasteiger partial charge in [0.05, 0.1) is 12.0 Å². The first-order chi connectivity index (χ1) is 12.6. The van der Waals surface area contributed by atoms with E-state index in [4.69, 9.17) is 4.74 Å². The smallest absolute Gasteiger partial charge is 0.305 e. The molecule has 1 heterocycles. The third-order valence-corrected chi connectivity index (χ3v) is 4.67. The van der Waals surface area contributed by atoms with E-state index in [0.29, 0.717) is 38.2 Å². The van der Waals surface area contributed by atoms with Gasteiger partial charge in [0.1, 0.15) is 0 Å². The highest BCUT2D eigenvalue weighted by molar-refractivity contribution is 5.95. The lowest BCUT2D eigenvalue weighted by Crippen LogP contribution is -2.53. The van der Waals surface area contributed by atoms with Crippen LogP contribution in [0.3, 0.4) is 0 Å². The Balaban J connectivity index is 2.00. The largest absolute Gasteiger partial charge is 0.481 e. The molecule has 2 rings (SSSR count). The molecule has 0 radical (unpaired) electrons. The molecule has 0 saturated carbocycles. The van der Waals surface area contributed by atoms with Crippen molar-refractivity contribution in [2.45, 2.75) is 52.1 Å². The first-order valence-electron chi connectivity index (χ1n) is 9.11. The van der Waals surface area contributed by atoms with Gasteiger partial charge >= 0.3 is 5.97 Å². The van der Waals surface area contributed by atoms with E-state index in [1.54, 1.807) is 24.3 Å². The second-order valence-electron chi connectivity index (χ2n) is 8.05. The van der Waals surface area contributed by atoms with E-state index in [2.05, 4.69) is 10.6 Å². The lowest BCUT2D eigenvalue weighted by atomic mass is 9.86. The zero-order chi connectivity index (χ0) is 20.1. The highest BCUT2D eigenvalue weighted by Crippen LogP contribution is 2.25. The monoisotopic (exact) mass is 376 g/mol. The van der Waals surface area contributed by atoms with Gasteiger partial charge in [-0.1, -0.05) is 32.9 Å². The summed E-state index contributed by atoms with van der Waals surface area (Å²) < 4.78 is 5.30. The highest BCUT2D eigenvalue weighted by atomic mass is 16.5. The fourth-order valence-corrected chi connectivity index (χ4v) is 2.93. The van der Waals surface area contributed by atoms with Gasteiger partial charge in [0.15, 0.2) is 0 Å². The molecule has 0 atom stereocenters. The molecule has 1 fully saturated rings. The van der Waals surface area contributed by atoms with Crippen LogP contribution in [0.2, 0.25) is 0 Å². The van der Waals surface area contributed by atoms with Gasteiger partial charge in [-0.05, 0) is 30.5 Å². The normalized spacial score (nSPS) is 16.4. The van der Waals surface area contributed by atoms with Crippen LogP contribution in [0.25, 0.3) is 0 Å². The number of amides is 2. The van der Waals surface area contributed by atoms with Gasteiger partial charge in [0, 0.05) is 30.7 Å². The van der Waals surface area contributed by atoms with Crippen molar-refractivity contribution < 1.29 is 24.2 Å². The number of ether oxygens (including phenoxy) is 1. The fourth-order valence-electron chi connectivity index (χ4n) is 2.93. The molecule has 0 bridgehead atoms. The molecule has 1 aliphatic rings. The molecular formula is C20H28N2O5. The number of carbonyl (C=O) groups is 3. The molecule has 3 N–H and O–H groups in total. The molecule has 27 heavy (non-hydrogen) atoms. The lowest BCUT2D eigenvalue weighted by Gasteiger charge is -2.36. The minimum Gasteiger partial charge on any atom is -0.481 e. The molecule has 1 saturated heterocycles.